The smallest absolute Gasteiger partial charge is 0.306 e. The molecule has 0 aliphatic rings. The van der Waals surface area contributed by atoms with Gasteiger partial charge in [-0.1, -0.05) is 12.1 Å². The molecule has 1 aromatic carbocycles. The molecule has 2 N–H and O–H groups in total. The minimum Gasteiger partial charge on any atom is -0.496 e. The van der Waals surface area contributed by atoms with E-state index in [4.69, 9.17) is 14.9 Å². The zero-order valence-electron chi connectivity index (χ0n) is 8.51. The van der Waals surface area contributed by atoms with E-state index in [2.05, 4.69) is 10.2 Å². The van der Waals surface area contributed by atoms with Crippen molar-refractivity contribution in [2.75, 3.05) is 7.11 Å². The van der Waals surface area contributed by atoms with Crippen molar-refractivity contribution in [3.8, 4) is 17.2 Å². The van der Waals surface area contributed by atoms with E-state index in [0.717, 1.165) is 0 Å². The fraction of sp³-hybridized carbons (Fsp3) is 0.100. The molecular formula is C10H9N3O3. The third-order valence-electron chi connectivity index (χ3n) is 1.97. The number of hydrogen-bond donors (Lipinski definition) is 1. The number of methoxy groups -OCH3 is 1. The van der Waals surface area contributed by atoms with E-state index < -0.39 is 5.91 Å². The number of benzene rings is 1. The van der Waals surface area contributed by atoms with Crippen LogP contribution in [-0.4, -0.2) is 23.2 Å². The molecule has 16 heavy (non-hydrogen) atoms. The Bertz CT molecular complexity index is 522. The minimum atomic E-state index is -0.756. The van der Waals surface area contributed by atoms with E-state index in [1.165, 1.54) is 7.11 Å². The Morgan fingerprint density at radius 1 is 1.38 bits per heavy atom. The first-order valence-corrected chi connectivity index (χ1v) is 4.49. The number of aromatic nitrogens is 2. The van der Waals surface area contributed by atoms with Gasteiger partial charge in [-0.15, -0.1) is 10.2 Å². The number of nitrogens with zero attached hydrogens (tertiary/aromatic N) is 2. The molecule has 0 bridgehead atoms. The molecule has 2 rings (SSSR count). The fourth-order valence-corrected chi connectivity index (χ4v) is 1.25. The van der Waals surface area contributed by atoms with Gasteiger partial charge in [0.25, 0.3) is 5.89 Å². The highest BCUT2D eigenvalue weighted by Crippen LogP contribution is 2.27. The monoisotopic (exact) mass is 219 g/mol. The maximum absolute atomic E-state index is 10.8. The SMILES string of the molecule is COc1ccccc1-c1nnc(C(N)=O)o1. The van der Waals surface area contributed by atoms with E-state index in [9.17, 15) is 4.79 Å². The Labute approximate surface area is 91.0 Å². The number of carbonyl (C=O) groups is 1. The molecule has 1 heterocycles. The third kappa shape index (κ3) is 1.72. The Balaban J connectivity index is 2.46. The largest absolute Gasteiger partial charge is 0.496 e. The van der Waals surface area contributed by atoms with Crippen LogP contribution >= 0.6 is 0 Å². The summed E-state index contributed by atoms with van der Waals surface area (Å²) in [6, 6.07) is 7.11. The van der Waals surface area contributed by atoms with Gasteiger partial charge in [-0.25, -0.2) is 0 Å². The van der Waals surface area contributed by atoms with Crippen molar-refractivity contribution >= 4 is 5.91 Å². The van der Waals surface area contributed by atoms with Crippen LogP contribution in [-0.2, 0) is 0 Å². The van der Waals surface area contributed by atoms with E-state index in [0.29, 0.717) is 11.3 Å². The number of hydrogen-bond acceptors (Lipinski definition) is 5. The Hall–Kier alpha value is -2.37. The Kier molecular flexibility index (Phi) is 2.55. The van der Waals surface area contributed by atoms with Gasteiger partial charge in [0.05, 0.1) is 12.7 Å². The molecule has 2 aromatic rings. The molecule has 0 radical (unpaired) electrons. The second-order valence-electron chi connectivity index (χ2n) is 2.98. The molecule has 1 amide bonds. The molecule has 0 unspecified atom stereocenters. The molecule has 82 valence electrons. The maximum Gasteiger partial charge on any atom is 0.306 e. The van der Waals surface area contributed by atoms with E-state index in [1.807, 2.05) is 6.07 Å². The topological polar surface area (TPSA) is 91.2 Å². The number of amides is 1. The van der Waals surface area contributed by atoms with Gasteiger partial charge in [0.1, 0.15) is 5.75 Å². The number of primary amides is 1. The molecule has 0 spiro atoms. The number of para-hydroxylation sites is 1. The highest BCUT2D eigenvalue weighted by atomic mass is 16.5. The van der Waals surface area contributed by atoms with Crippen molar-refractivity contribution in [3.05, 3.63) is 30.2 Å². The summed E-state index contributed by atoms with van der Waals surface area (Å²) in [6.07, 6.45) is 0. The molecule has 0 aliphatic carbocycles. The Morgan fingerprint density at radius 3 is 2.75 bits per heavy atom. The molecular weight excluding hydrogens is 210 g/mol. The lowest BCUT2D eigenvalue weighted by Crippen LogP contribution is -2.10. The average Bonchev–Trinajstić information content (AvgIpc) is 2.78. The average molecular weight is 219 g/mol. The maximum atomic E-state index is 10.8. The molecule has 1 aromatic heterocycles. The van der Waals surface area contributed by atoms with Crippen LogP contribution < -0.4 is 10.5 Å². The summed E-state index contributed by atoms with van der Waals surface area (Å²) in [4.78, 5) is 10.8. The molecule has 6 nitrogen and oxygen atoms in total. The summed E-state index contributed by atoms with van der Waals surface area (Å²) in [6.45, 7) is 0. The van der Waals surface area contributed by atoms with Crippen molar-refractivity contribution in [3.63, 3.8) is 0 Å². The normalized spacial score (nSPS) is 10.1. The zero-order valence-corrected chi connectivity index (χ0v) is 8.51. The summed E-state index contributed by atoms with van der Waals surface area (Å²) in [5.74, 6) is -0.192. The van der Waals surface area contributed by atoms with Gasteiger partial charge < -0.3 is 14.9 Å². The van der Waals surface area contributed by atoms with Gasteiger partial charge in [0.2, 0.25) is 0 Å². The summed E-state index contributed by atoms with van der Waals surface area (Å²) in [5.41, 5.74) is 5.63. The fourth-order valence-electron chi connectivity index (χ4n) is 1.25. The number of rotatable bonds is 3. The van der Waals surface area contributed by atoms with Crippen molar-refractivity contribution in [1.82, 2.24) is 10.2 Å². The van der Waals surface area contributed by atoms with Crippen molar-refractivity contribution in [1.29, 1.82) is 0 Å². The summed E-state index contributed by atoms with van der Waals surface area (Å²) in [7, 11) is 1.53. The summed E-state index contributed by atoms with van der Waals surface area (Å²) >= 11 is 0. The lowest BCUT2D eigenvalue weighted by Gasteiger charge is -2.02. The third-order valence-corrected chi connectivity index (χ3v) is 1.97. The molecule has 0 atom stereocenters. The van der Waals surface area contributed by atoms with Gasteiger partial charge in [-0.05, 0) is 12.1 Å². The van der Waals surface area contributed by atoms with Crippen molar-refractivity contribution in [2.24, 2.45) is 5.73 Å². The highest BCUT2D eigenvalue weighted by molar-refractivity contribution is 5.88. The van der Waals surface area contributed by atoms with Gasteiger partial charge in [-0.3, -0.25) is 4.79 Å². The lowest BCUT2D eigenvalue weighted by molar-refractivity contribution is 0.0968. The second kappa shape index (κ2) is 4.01. The molecule has 0 saturated carbocycles. The number of ether oxygens (including phenoxy) is 1. The van der Waals surface area contributed by atoms with Gasteiger partial charge in [0, 0.05) is 0 Å². The van der Waals surface area contributed by atoms with E-state index in [1.54, 1.807) is 18.2 Å². The standard InChI is InChI=1S/C10H9N3O3/c1-15-7-5-3-2-4-6(7)9-12-13-10(16-9)8(11)14/h2-5H,1H3,(H2,11,14). The lowest BCUT2D eigenvalue weighted by atomic mass is 10.2. The van der Waals surface area contributed by atoms with Gasteiger partial charge >= 0.3 is 11.8 Å². The predicted octanol–water partition coefficient (Wildman–Crippen LogP) is 0.844. The van der Waals surface area contributed by atoms with Crippen LogP contribution in [0.25, 0.3) is 11.5 Å². The van der Waals surface area contributed by atoms with Crippen LogP contribution in [0.2, 0.25) is 0 Å². The first-order valence-electron chi connectivity index (χ1n) is 4.49. The Morgan fingerprint density at radius 2 is 2.12 bits per heavy atom. The molecule has 6 heteroatoms. The summed E-state index contributed by atoms with van der Waals surface area (Å²) < 4.78 is 10.2. The number of nitrogens with two attached hydrogens (primary N) is 1. The predicted molar refractivity (Wildman–Crippen MR) is 54.8 cm³/mol. The van der Waals surface area contributed by atoms with Gasteiger partial charge in [0.15, 0.2) is 0 Å². The second-order valence-corrected chi connectivity index (χ2v) is 2.98. The minimum absolute atomic E-state index is 0.200. The molecule has 0 aliphatic heterocycles. The molecule has 0 saturated heterocycles. The van der Waals surface area contributed by atoms with Crippen LogP contribution in [0.5, 0.6) is 5.75 Å². The quantitative estimate of drug-likeness (QED) is 0.825. The van der Waals surface area contributed by atoms with E-state index in [-0.39, 0.29) is 11.8 Å². The zero-order chi connectivity index (χ0) is 11.5. The number of carbonyl (C=O) groups excluding carboxylic acids is 1. The van der Waals surface area contributed by atoms with Crippen LogP contribution in [0, 0.1) is 0 Å². The first kappa shape index (κ1) is 10.2. The van der Waals surface area contributed by atoms with Gasteiger partial charge in [-0.2, -0.15) is 0 Å². The van der Waals surface area contributed by atoms with Crippen LogP contribution in [0.3, 0.4) is 0 Å². The summed E-state index contributed by atoms with van der Waals surface area (Å²) in [5, 5.41) is 7.24. The van der Waals surface area contributed by atoms with Crippen LogP contribution in [0.1, 0.15) is 10.7 Å². The first-order chi connectivity index (χ1) is 7.72. The van der Waals surface area contributed by atoms with E-state index >= 15 is 0 Å². The van der Waals surface area contributed by atoms with Crippen molar-refractivity contribution < 1.29 is 13.9 Å². The highest BCUT2D eigenvalue weighted by Gasteiger charge is 2.15. The van der Waals surface area contributed by atoms with Crippen LogP contribution in [0.15, 0.2) is 28.7 Å². The van der Waals surface area contributed by atoms with Crippen molar-refractivity contribution in [2.45, 2.75) is 0 Å². The molecule has 0 fully saturated rings. The van der Waals surface area contributed by atoms with Crippen LogP contribution in [0.4, 0.5) is 0 Å².